The van der Waals surface area contributed by atoms with E-state index in [1.807, 2.05) is 11.4 Å². The molecule has 0 saturated carbocycles. The van der Waals surface area contributed by atoms with Crippen molar-refractivity contribution >= 4 is 33.8 Å². The van der Waals surface area contributed by atoms with Crippen LogP contribution in [-0.4, -0.2) is 22.5 Å². The van der Waals surface area contributed by atoms with Gasteiger partial charge in [0.1, 0.15) is 0 Å². The second-order valence-corrected chi connectivity index (χ2v) is 9.15. The summed E-state index contributed by atoms with van der Waals surface area (Å²) in [5.74, 6) is -3.67. The van der Waals surface area contributed by atoms with E-state index in [9.17, 15) is 18.4 Å². The van der Waals surface area contributed by atoms with Gasteiger partial charge in [0.15, 0.2) is 5.13 Å². The number of hydrogen-bond donors (Lipinski definition) is 3. The monoisotopic (exact) mass is 521 g/mol. The molecule has 0 fully saturated rings. The summed E-state index contributed by atoms with van der Waals surface area (Å²) in [5.41, 5.74) is 1.97. The minimum atomic E-state index is -3.22. The summed E-state index contributed by atoms with van der Waals surface area (Å²) in [5, 5.41) is 11.4. The zero-order chi connectivity index (χ0) is 26.6. The minimum absolute atomic E-state index is 0.231. The molecule has 37 heavy (non-hydrogen) atoms. The second-order valence-electron chi connectivity index (χ2n) is 8.25. The van der Waals surface area contributed by atoms with Gasteiger partial charge in [-0.15, -0.1) is 11.3 Å². The number of alkyl halides is 2. The van der Waals surface area contributed by atoms with Gasteiger partial charge in [-0.1, -0.05) is 12.6 Å². The van der Waals surface area contributed by atoms with E-state index in [1.165, 1.54) is 46.4 Å². The summed E-state index contributed by atoms with van der Waals surface area (Å²) in [6.07, 6.45) is 3.72. The molecule has 190 valence electrons. The average Bonchev–Trinajstić information content (AvgIpc) is 3.41. The molecule has 0 bridgehead atoms. The third kappa shape index (κ3) is 5.92. The van der Waals surface area contributed by atoms with Crippen molar-refractivity contribution in [3.8, 4) is 5.69 Å². The van der Waals surface area contributed by atoms with Crippen molar-refractivity contribution < 1.29 is 13.6 Å². The van der Waals surface area contributed by atoms with Crippen LogP contribution in [-0.2, 0) is 5.92 Å². The molecule has 7 nitrogen and oxygen atoms in total. The van der Waals surface area contributed by atoms with E-state index in [2.05, 4.69) is 27.5 Å². The Balaban J connectivity index is 1.58. The minimum Gasteiger partial charge on any atom is -0.388 e. The first-order valence-corrected chi connectivity index (χ1v) is 12.2. The third-order valence-corrected chi connectivity index (χ3v) is 6.40. The summed E-state index contributed by atoms with van der Waals surface area (Å²) < 4.78 is 29.9. The van der Waals surface area contributed by atoms with E-state index < -0.39 is 17.9 Å². The first kappa shape index (κ1) is 25.8. The van der Waals surface area contributed by atoms with Crippen LogP contribution in [0.4, 0.5) is 25.3 Å². The van der Waals surface area contributed by atoms with Gasteiger partial charge in [-0.25, -0.2) is 4.98 Å². The summed E-state index contributed by atoms with van der Waals surface area (Å²) in [7, 11) is 1.63. The van der Waals surface area contributed by atoms with Gasteiger partial charge in [-0.05, 0) is 61.0 Å². The third-order valence-electron chi connectivity index (χ3n) is 5.71. The molecule has 10 heteroatoms. The van der Waals surface area contributed by atoms with Gasteiger partial charge in [0.2, 0.25) is 0 Å². The van der Waals surface area contributed by atoms with Gasteiger partial charge < -0.3 is 16.0 Å². The summed E-state index contributed by atoms with van der Waals surface area (Å²) >= 11 is 1.44. The van der Waals surface area contributed by atoms with Crippen molar-refractivity contribution in [2.24, 2.45) is 0 Å². The van der Waals surface area contributed by atoms with Crippen LogP contribution in [0.5, 0.6) is 0 Å². The maximum atomic E-state index is 14.3. The van der Waals surface area contributed by atoms with Crippen molar-refractivity contribution in [2.75, 3.05) is 17.7 Å². The predicted molar refractivity (Wildman–Crippen MR) is 143 cm³/mol. The number of thiazole rings is 1. The fraction of sp³-hybridized carbons (Fsp3) is 0.148. The van der Waals surface area contributed by atoms with Crippen molar-refractivity contribution in [3.63, 3.8) is 0 Å². The molecule has 4 rings (SSSR count). The molecular formula is C27H25F2N5O2S. The Bertz CT molecular complexity index is 1480. The number of aromatic nitrogens is 2. The summed E-state index contributed by atoms with van der Waals surface area (Å²) in [6.45, 7) is 4.92. The van der Waals surface area contributed by atoms with E-state index in [4.69, 9.17) is 0 Å². The Morgan fingerprint density at radius 2 is 1.97 bits per heavy atom. The SMILES string of the molecule is C=CC(F)(F)c1cc(NC)cc(C(C)NC(=O)c2ccc(=O)n(-c3cccc(Nc4nccs4)c3)c2)c1. The number of halogens is 2. The molecule has 2 heterocycles. The molecule has 0 aliphatic heterocycles. The van der Waals surface area contributed by atoms with Crippen LogP contribution in [0.3, 0.4) is 0 Å². The molecule has 2 aromatic heterocycles. The first-order valence-electron chi connectivity index (χ1n) is 11.4. The first-order chi connectivity index (χ1) is 17.7. The fourth-order valence-electron chi connectivity index (χ4n) is 3.68. The number of carbonyl (C=O) groups excluding carboxylic acids is 1. The Labute approximate surface area is 216 Å². The number of carbonyl (C=O) groups is 1. The smallest absolute Gasteiger partial charge is 0.291 e. The number of hydrogen-bond acceptors (Lipinski definition) is 6. The maximum absolute atomic E-state index is 14.3. The molecule has 4 aromatic rings. The molecule has 1 amide bonds. The molecule has 0 saturated heterocycles. The van der Waals surface area contributed by atoms with Gasteiger partial charge in [-0.3, -0.25) is 14.2 Å². The predicted octanol–water partition coefficient (Wildman–Crippen LogP) is 5.85. The standard InChI is InChI=1S/C27H25F2N5O2S/c1-4-27(28,29)20-12-19(13-22(14-20)30-3)17(2)32-25(36)18-8-9-24(35)34(16-18)23-7-5-6-21(15-23)33-26-31-10-11-37-26/h4-17,30H,1H2,2-3H3,(H,31,33)(H,32,36). The van der Waals surface area contributed by atoms with Crippen LogP contribution in [0.2, 0.25) is 0 Å². The van der Waals surface area contributed by atoms with Crippen LogP contribution in [0.15, 0.2) is 89.8 Å². The van der Waals surface area contributed by atoms with Crippen molar-refractivity contribution in [1.82, 2.24) is 14.9 Å². The Morgan fingerprint density at radius 3 is 2.68 bits per heavy atom. The van der Waals surface area contributed by atoms with Crippen molar-refractivity contribution in [2.45, 2.75) is 18.9 Å². The van der Waals surface area contributed by atoms with Crippen LogP contribution >= 0.6 is 11.3 Å². The highest BCUT2D eigenvalue weighted by molar-refractivity contribution is 7.13. The summed E-state index contributed by atoms with van der Waals surface area (Å²) in [6, 6.07) is 13.7. The lowest BCUT2D eigenvalue weighted by Gasteiger charge is -2.20. The van der Waals surface area contributed by atoms with Crippen LogP contribution in [0, 0.1) is 0 Å². The van der Waals surface area contributed by atoms with E-state index in [0.717, 1.165) is 5.69 Å². The summed E-state index contributed by atoms with van der Waals surface area (Å²) in [4.78, 5) is 29.9. The second kappa shape index (κ2) is 10.8. The zero-order valence-electron chi connectivity index (χ0n) is 20.2. The lowest BCUT2D eigenvalue weighted by molar-refractivity contribution is 0.0525. The molecule has 1 unspecified atom stereocenters. The number of nitrogens with one attached hydrogen (secondary N) is 3. The number of benzene rings is 2. The Morgan fingerprint density at radius 1 is 1.16 bits per heavy atom. The molecule has 0 aliphatic carbocycles. The highest BCUT2D eigenvalue weighted by Crippen LogP contribution is 2.33. The molecule has 0 aliphatic rings. The fourth-order valence-corrected chi connectivity index (χ4v) is 4.23. The molecule has 3 N–H and O–H groups in total. The lowest BCUT2D eigenvalue weighted by atomic mass is 9.99. The maximum Gasteiger partial charge on any atom is 0.291 e. The highest BCUT2D eigenvalue weighted by atomic mass is 32.1. The Kier molecular flexibility index (Phi) is 7.49. The van der Waals surface area contributed by atoms with Gasteiger partial charge in [0, 0.05) is 47.8 Å². The number of anilines is 3. The van der Waals surface area contributed by atoms with E-state index >= 15 is 0 Å². The van der Waals surface area contributed by atoms with Crippen LogP contribution < -0.4 is 21.5 Å². The molecule has 0 radical (unpaired) electrons. The number of pyridine rings is 1. The van der Waals surface area contributed by atoms with Gasteiger partial charge in [0.25, 0.3) is 17.4 Å². The van der Waals surface area contributed by atoms with Crippen molar-refractivity contribution in [3.05, 3.63) is 112 Å². The quantitative estimate of drug-likeness (QED) is 0.241. The topological polar surface area (TPSA) is 88.0 Å². The van der Waals surface area contributed by atoms with Crippen LogP contribution in [0.1, 0.15) is 34.5 Å². The lowest BCUT2D eigenvalue weighted by Crippen LogP contribution is -2.29. The molecule has 2 aromatic carbocycles. The largest absolute Gasteiger partial charge is 0.388 e. The normalized spacial score (nSPS) is 12.0. The number of nitrogens with zero attached hydrogens (tertiary/aromatic N) is 2. The van der Waals surface area contributed by atoms with Crippen LogP contribution in [0.25, 0.3) is 5.69 Å². The van der Waals surface area contributed by atoms with E-state index in [0.29, 0.717) is 28.1 Å². The average molecular weight is 522 g/mol. The highest BCUT2D eigenvalue weighted by Gasteiger charge is 2.28. The number of rotatable bonds is 9. The van der Waals surface area contributed by atoms with Gasteiger partial charge in [-0.2, -0.15) is 8.78 Å². The number of allylic oxidation sites excluding steroid dienone is 1. The van der Waals surface area contributed by atoms with E-state index in [1.54, 1.807) is 44.4 Å². The Hall–Kier alpha value is -4.31. The van der Waals surface area contributed by atoms with E-state index in [-0.39, 0.29) is 16.7 Å². The van der Waals surface area contributed by atoms with Crippen molar-refractivity contribution in [1.29, 1.82) is 0 Å². The molecular weight excluding hydrogens is 496 g/mol. The van der Waals surface area contributed by atoms with Gasteiger partial charge in [0.05, 0.1) is 17.3 Å². The number of amides is 1. The van der Waals surface area contributed by atoms with Gasteiger partial charge >= 0.3 is 0 Å². The molecule has 0 spiro atoms. The molecule has 1 atom stereocenters. The zero-order valence-corrected chi connectivity index (χ0v) is 21.0.